The van der Waals surface area contributed by atoms with Crippen LogP contribution < -0.4 is 10.2 Å². The lowest BCUT2D eigenvalue weighted by Gasteiger charge is -2.15. The Morgan fingerprint density at radius 2 is 1.87 bits per heavy atom. The summed E-state index contributed by atoms with van der Waals surface area (Å²) in [6.07, 6.45) is 2.95. The first-order chi connectivity index (χ1) is 15.1. The van der Waals surface area contributed by atoms with Crippen molar-refractivity contribution >= 4 is 23.5 Å². The van der Waals surface area contributed by atoms with Crippen LogP contribution in [0.3, 0.4) is 0 Å². The lowest BCUT2D eigenvalue weighted by molar-refractivity contribution is -0.144. The van der Waals surface area contributed by atoms with Crippen molar-refractivity contribution in [2.45, 2.75) is 19.4 Å². The quantitative estimate of drug-likeness (QED) is 0.591. The minimum Gasteiger partial charge on any atom is -0.454 e. The van der Waals surface area contributed by atoms with E-state index < -0.39 is 11.9 Å². The molecule has 0 aliphatic carbocycles. The molecule has 31 heavy (non-hydrogen) atoms. The van der Waals surface area contributed by atoms with E-state index in [0.717, 1.165) is 17.7 Å². The number of hydrogen-bond donors (Lipinski definition) is 1. The van der Waals surface area contributed by atoms with Crippen molar-refractivity contribution in [3.63, 3.8) is 0 Å². The highest BCUT2D eigenvalue weighted by Gasteiger charge is 2.21. The van der Waals surface area contributed by atoms with Crippen LogP contribution in [0.25, 0.3) is 11.3 Å². The summed E-state index contributed by atoms with van der Waals surface area (Å²) in [6.45, 7) is 0.283. The van der Waals surface area contributed by atoms with Crippen LogP contribution in [0, 0.1) is 0 Å². The predicted molar refractivity (Wildman–Crippen MR) is 112 cm³/mol. The Bertz CT molecular complexity index is 1080. The maximum absolute atomic E-state index is 12.3. The summed E-state index contributed by atoms with van der Waals surface area (Å²) in [5.74, 6) is -0.0719. The topological polar surface area (TPSA) is 102 Å². The molecule has 1 N–H and O–H groups in total. The number of nitrogens with zero attached hydrogens (tertiary/aromatic N) is 2. The van der Waals surface area contributed by atoms with E-state index >= 15 is 0 Å². The third-order valence-electron chi connectivity index (χ3n) is 4.88. The molecule has 0 atom stereocenters. The molecule has 0 saturated carbocycles. The fourth-order valence-corrected chi connectivity index (χ4v) is 3.27. The van der Waals surface area contributed by atoms with Crippen LogP contribution >= 0.6 is 0 Å². The first-order valence-corrected chi connectivity index (χ1v) is 9.94. The van der Waals surface area contributed by atoms with Crippen molar-refractivity contribution in [1.82, 2.24) is 10.3 Å². The molecule has 4 rings (SSSR count). The molecule has 0 radical (unpaired) electrons. The molecule has 1 aliphatic heterocycles. The van der Waals surface area contributed by atoms with Crippen LogP contribution in [-0.2, 0) is 20.9 Å². The van der Waals surface area contributed by atoms with Crippen LogP contribution in [0.2, 0.25) is 0 Å². The molecule has 8 nitrogen and oxygen atoms in total. The van der Waals surface area contributed by atoms with Gasteiger partial charge in [0, 0.05) is 29.8 Å². The summed E-state index contributed by atoms with van der Waals surface area (Å²) in [4.78, 5) is 41.8. The number of carbonyl (C=O) groups is 3. The smallest absolute Gasteiger partial charge is 0.325 e. The number of rotatable bonds is 7. The fourth-order valence-electron chi connectivity index (χ4n) is 3.27. The third-order valence-corrected chi connectivity index (χ3v) is 4.88. The average Bonchev–Trinajstić information content (AvgIpc) is 3.46. The van der Waals surface area contributed by atoms with Gasteiger partial charge in [-0.25, -0.2) is 4.98 Å². The van der Waals surface area contributed by atoms with Gasteiger partial charge < -0.3 is 19.4 Å². The molecule has 1 saturated heterocycles. The lowest BCUT2D eigenvalue weighted by atomic mass is 10.2. The monoisotopic (exact) mass is 419 g/mol. The van der Waals surface area contributed by atoms with E-state index in [1.165, 1.54) is 0 Å². The molecule has 8 heteroatoms. The van der Waals surface area contributed by atoms with Crippen molar-refractivity contribution in [3.8, 4) is 11.3 Å². The molecule has 158 valence electrons. The second kappa shape index (κ2) is 9.25. The summed E-state index contributed by atoms with van der Waals surface area (Å²) in [5, 5.41) is 2.52. The van der Waals surface area contributed by atoms with E-state index in [1.54, 1.807) is 35.4 Å². The zero-order valence-corrected chi connectivity index (χ0v) is 16.7. The van der Waals surface area contributed by atoms with E-state index in [1.807, 2.05) is 30.3 Å². The molecule has 1 aromatic heterocycles. The van der Waals surface area contributed by atoms with Crippen LogP contribution in [-0.4, -0.2) is 35.9 Å². The van der Waals surface area contributed by atoms with Crippen molar-refractivity contribution in [2.24, 2.45) is 0 Å². The second-order valence-electron chi connectivity index (χ2n) is 7.02. The molecule has 1 fully saturated rings. The van der Waals surface area contributed by atoms with Gasteiger partial charge in [0.2, 0.25) is 11.8 Å². The molecule has 2 amide bonds. The maximum Gasteiger partial charge on any atom is 0.325 e. The lowest BCUT2D eigenvalue weighted by Crippen LogP contribution is -2.30. The molecular weight excluding hydrogens is 398 g/mol. The van der Waals surface area contributed by atoms with Gasteiger partial charge in [0.05, 0.1) is 6.20 Å². The van der Waals surface area contributed by atoms with Gasteiger partial charge in [0.1, 0.15) is 6.54 Å². The van der Waals surface area contributed by atoms with Gasteiger partial charge in [0.15, 0.2) is 12.4 Å². The molecule has 2 heterocycles. The number of esters is 1. The SMILES string of the molecule is O=C(CNC(=O)c1ccc(N2CCCC2=O)cc1)OCc1ncc(-c2ccccc2)o1. The molecule has 0 bridgehead atoms. The highest BCUT2D eigenvalue weighted by molar-refractivity contribution is 5.98. The van der Waals surface area contributed by atoms with Crippen molar-refractivity contribution in [3.05, 3.63) is 72.2 Å². The van der Waals surface area contributed by atoms with Crippen molar-refractivity contribution in [1.29, 1.82) is 0 Å². The number of amides is 2. The minimum absolute atomic E-state index is 0.0851. The Morgan fingerprint density at radius 1 is 1.10 bits per heavy atom. The molecule has 0 spiro atoms. The van der Waals surface area contributed by atoms with Crippen LogP contribution in [0.15, 0.2) is 65.2 Å². The first-order valence-electron chi connectivity index (χ1n) is 9.94. The van der Waals surface area contributed by atoms with E-state index in [9.17, 15) is 14.4 Å². The number of anilines is 1. The van der Waals surface area contributed by atoms with Crippen molar-refractivity contribution < 1.29 is 23.5 Å². The van der Waals surface area contributed by atoms with Crippen LogP contribution in [0.1, 0.15) is 29.1 Å². The highest BCUT2D eigenvalue weighted by Crippen LogP contribution is 2.22. The Labute approximate surface area is 178 Å². The Balaban J connectivity index is 1.24. The number of carbonyl (C=O) groups excluding carboxylic acids is 3. The van der Waals surface area contributed by atoms with E-state index in [4.69, 9.17) is 9.15 Å². The number of oxazole rings is 1. The second-order valence-corrected chi connectivity index (χ2v) is 7.02. The normalized spacial score (nSPS) is 13.3. The highest BCUT2D eigenvalue weighted by atomic mass is 16.5. The molecular formula is C23H21N3O5. The zero-order chi connectivity index (χ0) is 21.6. The summed E-state index contributed by atoms with van der Waals surface area (Å²) < 4.78 is 10.7. The van der Waals surface area contributed by atoms with Gasteiger partial charge in [0.25, 0.3) is 5.91 Å². The van der Waals surface area contributed by atoms with Gasteiger partial charge in [-0.1, -0.05) is 30.3 Å². The molecule has 1 aliphatic rings. The maximum atomic E-state index is 12.3. The third kappa shape index (κ3) is 4.98. The zero-order valence-electron chi connectivity index (χ0n) is 16.7. The van der Waals surface area contributed by atoms with E-state index in [-0.39, 0.29) is 24.9 Å². The summed E-state index contributed by atoms with van der Waals surface area (Å²) in [6, 6.07) is 16.2. The number of aromatic nitrogens is 1. The van der Waals surface area contributed by atoms with E-state index in [0.29, 0.717) is 24.3 Å². The number of nitrogens with one attached hydrogen (secondary N) is 1. The van der Waals surface area contributed by atoms with Gasteiger partial charge in [-0.05, 0) is 30.7 Å². The van der Waals surface area contributed by atoms with Gasteiger partial charge >= 0.3 is 5.97 Å². The Hall–Kier alpha value is -3.94. The Kier molecular flexibility index (Phi) is 6.07. The summed E-state index contributed by atoms with van der Waals surface area (Å²) in [5.41, 5.74) is 2.03. The van der Waals surface area contributed by atoms with E-state index in [2.05, 4.69) is 10.3 Å². The van der Waals surface area contributed by atoms with Gasteiger partial charge in [-0.3, -0.25) is 14.4 Å². The first kappa shape index (κ1) is 20.3. The summed E-state index contributed by atoms with van der Waals surface area (Å²) in [7, 11) is 0. The van der Waals surface area contributed by atoms with Gasteiger partial charge in [-0.2, -0.15) is 0 Å². The molecule has 0 unspecified atom stereocenters. The minimum atomic E-state index is -0.605. The van der Waals surface area contributed by atoms with Gasteiger partial charge in [-0.15, -0.1) is 0 Å². The number of benzene rings is 2. The largest absolute Gasteiger partial charge is 0.454 e. The predicted octanol–water partition coefficient (Wildman–Crippen LogP) is 2.94. The number of ether oxygens (including phenoxy) is 1. The van der Waals surface area contributed by atoms with Crippen LogP contribution in [0.4, 0.5) is 5.69 Å². The fraction of sp³-hybridized carbons (Fsp3) is 0.217. The van der Waals surface area contributed by atoms with Crippen LogP contribution in [0.5, 0.6) is 0 Å². The Morgan fingerprint density at radius 3 is 2.58 bits per heavy atom. The molecule has 3 aromatic rings. The molecule has 2 aromatic carbocycles. The van der Waals surface area contributed by atoms with Crippen molar-refractivity contribution in [2.75, 3.05) is 18.0 Å². The standard InChI is InChI=1S/C23H21N3O5/c27-21-7-4-12-26(21)18-10-8-17(9-11-18)23(29)25-14-22(28)30-15-20-24-13-19(31-20)16-5-2-1-3-6-16/h1-3,5-6,8-11,13H,4,7,12,14-15H2,(H,25,29). The average molecular weight is 419 g/mol. The summed E-state index contributed by atoms with van der Waals surface area (Å²) >= 11 is 0. The number of hydrogen-bond acceptors (Lipinski definition) is 6.